The summed E-state index contributed by atoms with van der Waals surface area (Å²) in [6.45, 7) is 3.99. The zero-order valence-electron chi connectivity index (χ0n) is 16.2. The number of anilines is 1. The number of carbonyl (C=O) groups is 2. The number of nitrogens with two attached hydrogens (primary N) is 1. The highest BCUT2D eigenvalue weighted by Gasteiger charge is 2.26. The van der Waals surface area contributed by atoms with Gasteiger partial charge in [-0.05, 0) is 63.1 Å². The van der Waals surface area contributed by atoms with E-state index in [0.29, 0.717) is 30.0 Å². The van der Waals surface area contributed by atoms with Crippen LogP contribution in [0, 0.1) is 5.92 Å². The van der Waals surface area contributed by atoms with Crippen molar-refractivity contribution < 1.29 is 14.3 Å². The molecule has 0 unspecified atom stereocenters. The largest absolute Gasteiger partial charge is 0.492 e. The third-order valence-corrected chi connectivity index (χ3v) is 5.61. The highest BCUT2D eigenvalue weighted by atomic mass is 16.5. The number of nitrogens with one attached hydrogen (secondary N) is 1. The van der Waals surface area contributed by atoms with Crippen molar-refractivity contribution in [2.45, 2.75) is 57.9 Å². The first-order chi connectivity index (χ1) is 13.1. The van der Waals surface area contributed by atoms with Crippen LogP contribution in [-0.2, 0) is 4.79 Å². The number of amides is 2. The van der Waals surface area contributed by atoms with Gasteiger partial charge in [-0.15, -0.1) is 0 Å². The molecule has 1 aliphatic carbocycles. The van der Waals surface area contributed by atoms with E-state index in [4.69, 9.17) is 10.5 Å². The van der Waals surface area contributed by atoms with Gasteiger partial charge in [-0.2, -0.15) is 0 Å². The van der Waals surface area contributed by atoms with E-state index >= 15 is 0 Å². The molecule has 27 heavy (non-hydrogen) atoms. The number of benzene rings is 1. The molecule has 0 bridgehead atoms. The average molecular weight is 373 g/mol. The molecule has 1 heterocycles. The minimum absolute atomic E-state index is 0.0195. The second-order valence-corrected chi connectivity index (χ2v) is 7.60. The standard InChI is InChI=1S/C21H31N3O3/c1-2-27-19-10-9-16(21(26)24-11-4-3-5-12-24)13-18(19)23-20(25)14-15-7-6-8-17(15)22/h9-10,13,15,17H,2-8,11-12,14,22H2,1H3,(H,23,25)/t15-,17+/m0/s1. The molecule has 2 atom stereocenters. The van der Waals surface area contributed by atoms with Crippen molar-refractivity contribution in [3.63, 3.8) is 0 Å². The lowest BCUT2D eigenvalue weighted by molar-refractivity contribution is -0.117. The number of nitrogens with zero attached hydrogens (tertiary/aromatic N) is 1. The number of ether oxygens (including phenoxy) is 1. The fourth-order valence-corrected chi connectivity index (χ4v) is 4.08. The van der Waals surface area contributed by atoms with Crippen LogP contribution in [-0.4, -0.2) is 42.5 Å². The summed E-state index contributed by atoms with van der Waals surface area (Å²) in [5, 5.41) is 2.95. The fraction of sp³-hybridized carbons (Fsp3) is 0.619. The lowest BCUT2D eigenvalue weighted by Gasteiger charge is -2.27. The lowest BCUT2D eigenvalue weighted by Crippen LogP contribution is -2.35. The smallest absolute Gasteiger partial charge is 0.253 e. The highest BCUT2D eigenvalue weighted by Crippen LogP contribution is 2.30. The van der Waals surface area contributed by atoms with Crippen molar-refractivity contribution in [3.05, 3.63) is 23.8 Å². The number of hydrogen-bond donors (Lipinski definition) is 2. The Morgan fingerprint density at radius 2 is 1.96 bits per heavy atom. The molecule has 0 aromatic heterocycles. The first-order valence-corrected chi connectivity index (χ1v) is 10.2. The van der Waals surface area contributed by atoms with Gasteiger partial charge in [0.25, 0.3) is 5.91 Å². The third-order valence-electron chi connectivity index (χ3n) is 5.61. The van der Waals surface area contributed by atoms with Crippen LogP contribution in [0.25, 0.3) is 0 Å². The molecule has 6 heteroatoms. The first-order valence-electron chi connectivity index (χ1n) is 10.2. The number of carbonyl (C=O) groups excluding carboxylic acids is 2. The normalized spacial score (nSPS) is 22.5. The van der Waals surface area contributed by atoms with Crippen molar-refractivity contribution in [3.8, 4) is 5.75 Å². The average Bonchev–Trinajstić information content (AvgIpc) is 3.08. The summed E-state index contributed by atoms with van der Waals surface area (Å²) in [6, 6.07) is 5.41. The Morgan fingerprint density at radius 3 is 2.63 bits per heavy atom. The minimum atomic E-state index is -0.0686. The molecule has 2 amide bonds. The van der Waals surface area contributed by atoms with Gasteiger partial charge in [0.2, 0.25) is 5.91 Å². The van der Waals surface area contributed by atoms with E-state index in [0.717, 1.165) is 45.2 Å². The van der Waals surface area contributed by atoms with Gasteiger partial charge in [0.05, 0.1) is 12.3 Å². The Balaban J connectivity index is 1.72. The van der Waals surface area contributed by atoms with Crippen LogP contribution in [0.15, 0.2) is 18.2 Å². The Morgan fingerprint density at radius 1 is 1.19 bits per heavy atom. The molecule has 1 saturated carbocycles. The predicted molar refractivity (Wildman–Crippen MR) is 106 cm³/mol. The molecule has 1 aromatic rings. The van der Waals surface area contributed by atoms with Gasteiger partial charge in [0, 0.05) is 31.1 Å². The van der Waals surface area contributed by atoms with Crippen molar-refractivity contribution in [2.24, 2.45) is 11.7 Å². The van der Waals surface area contributed by atoms with Crippen molar-refractivity contribution in [1.29, 1.82) is 0 Å². The summed E-state index contributed by atoms with van der Waals surface area (Å²) in [5.41, 5.74) is 7.25. The van der Waals surface area contributed by atoms with E-state index < -0.39 is 0 Å². The molecule has 2 aliphatic rings. The second kappa shape index (κ2) is 9.22. The van der Waals surface area contributed by atoms with Crippen LogP contribution in [0.2, 0.25) is 0 Å². The summed E-state index contributed by atoms with van der Waals surface area (Å²) in [4.78, 5) is 27.2. The molecule has 0 spiro atoms. The SMILES string of the molecule is CCOc1ccc(C(=O)N2CCCCC2)cc1NC(=O)C[C@@H]1CCC[C@H]1N. The van der Waals surface area contributed by atoms with Crippen LogP contribution >= 0.6 is 0 Å². The zero-order valence-corrected chi connectivity index (χ0v) is 16.2. The topological polar surface area (TPSA) is 84.7 Å². The van der Waals surface area contributed by atoms with Gasteiger partial charge in [0.15, 0.2) is 0 Å². The molecule has 148 valence electrons. The summed E-state index contributed by atoms with van der Waals surface area (Å²) in [7, 11) is 0. The van der Waals surface area contributed by atoms with E-state index in [2.05, 4.69) is 5.32 Å². The van der Waals surface area contributed by atoms with E-state index in [9.17, 15) is 9.59 Å². The van der Waals surface area contributed by atoms with E-state index in [1.807, 2.05) is 11.8 Å². The summed E-state index contributed by atoms with van der Waals surface area (Å²) in [5.74, 6) is 0.780. The summed E-state index contributed by atoms with van der Waals surface area (Å²) >= 11 is 0. The first kappa shape index (κ1) is 19.7. The monoisotopic (exact) mass is 373 g/mol. The maximum Gasteiger partial charge on any atom is 0.253 e. The Kier molecular flexibility index (Phi) is 6.72. The number of hydrogen-bond acceptors (Lipinski definition) is 4. The van der Waals surface area contributed by atoms with Crippen LogP contribution in [0.5, 0.6) is 5.75 Å². The van der Waals surface area contributed by atoms with Crippen LogP contribution in [0.3, 0.4) is 0 Å². The van der Waals surface area contributed by atoms with Gasteiger partial charge < -0.3 is 20.7 Å². The lowest BCUT2D eigenvalue weighted by atomic mass is 10.00. The van der Waals surface area contributed by atoms with Gasteiger partial charge in [0.1, 0.15) is 5.75 Å². The molecule has 3 N–H and O–H groups in total. The van der Waals surface area contributed by atoms with Gasteiger partial charge in [-0.1, -0.05) is 6.42 Å². The summed E-state index contributed by atoms with van der Waals surface area (Å²) < 4.78 is 5.64. The van der Waals surface area contributed by atoms with Crippen molar-refractivity contribution in [2.75, 3.05) is 25.0 Å². The zero-order chi connectivity index (χ0) is 19.2. The number of likely N-dealkylation sites (tertiary alicyclic amines) is 1. The van der Waals surface area contributed by atoms with Crippen LogP contribution in [0.4, 0.5) is 5.69 Å². The molecular formula is C21H31N3O3. The van der Waals surface area contributed by atoms with Crippen molar-refractivity contribution >= 4 is 17.5 Å². The van der Waals surface area contributed by atoms with E-state index in [1.54, 1.807) is 18.2 Å². The Hall–Kier alpha value is -2.08. The summed E-state index contributed by atoms with van der Waals surface area (Å²) in [6.07, 6.45) is 6.77. The quantitative estimate of drug-likeness (QED) is 0.802. The number of piperidine rings is 1. The van der Waals surface area contributed by atoms with Gasteiger partial charge in [-0.25, -0.2) is 0 Å². The molecule has 3 rings (SSSR count). The van der Waals surface area contributed by atoms with E-state index in [1.165, 1.54) is 6.42 Å². The maximum absolute atomic E-state index is 12.8. The minimum Gasteiger partial charge on any atom is -0.492 e. The molecule has 1 aromatic carbocycles. The second-order valence-electron chi connectivity index (χ2n) is 7.60. The fourth-order valence-electron chi connectivity index (χ4n) is 4.08. The van der Waals surface area contributed by atoms with Crippen LogP contribution in [0.1, 0.15) is 62.2 Å². The highest BCUT2D eigenvalue weighted by molar-refractivity contribution is 5.98. The molecule has 0 radical (unpaired) electrons. The molecule has 2 fully saturated rings. The third kappa shape index (κ3) is 5.01. The van der Waals surface area contributed by atoms with E-state index in [-0.39, 0.29) is 23.8 Å². The molecule has 1 saturated heterocycles. The van der Waals surface area contributed by atoms with Crippen molar-refractivity contribution in [1.82, 2.24) is 4.90 Å². The van der Waals surface area contributed by atoms with Crippen LogP contribution < -0.4 is 15.8 Å². The maximum atomic E-state index is 12.8. The van der Waals surface area contributed by atoms with Gasteiger partial charge in [-0.3, -0.25) is 9.59 Å². The predicted octanol–water partition coefficient (Wildman–Crippen LogP) is 3.17. The number of rotatable bonds is 6. The Bertz CT molecular complexity index is 671. The molecule has 6 nitrogen and oxygen atoms in total. The molecular weight excluding hydrogens is 342 g/mol. The molecule has 1 aliphatic heterocycles. The Labute approximate surface area is 161 Å². The van der Waals surface area contributed by atoms with Gasteiger partial charge >= 0.3 is 0 Å².